The first kappa shape index (κ1) is 24.6. The third kappa shape index (κ3) is 6.17. The molecule has 30 heavy (non-hydrogen) atoms. The monoisotopic (exact) mass is 490 g/mol. The van der Waals surface area contributed by atoms with Crippen LogP contribution in [0.4, 0.5) is 13.2 Å². The van der Waals surface area contributed by atoms with Crippen molar-refractivity contribution < 1.29 is 39.1 Å². The number of benzene rings is 1. The van der Waals surface area contributed by atoms with Crippen LogP contribution in [0.5, 0.6) is 0 Å². The minimum Gasteiger partial charge on any atom is -0.279 e. The van der Waals surface area contributed by atoms with Crippen molar-refractivity contribution in [3.8, 4) is 0 Å². The Bertz CT molecular complexity index is 1060. The highest BCUT2D eigenvalue weighted by Gasteiger charge is 2.44. The molecule has 2 aromatic rings. The van der Waals surface area contributed by atoms with E-state index >= 15 is 0 Å². The molecular formula is C16H20ClF3N3O5S2+. The maximum atomic E-state index is 12.5. The van der Waals surface area contributed by atoms with Gasteiger partial charge in [-0.15, -0.1) is 3.97 Å². The van der Waals surface area contributed by atoms with Crippen molar-refractivity contribution in [3.05, 3.63) is 53.6 Å². The van der Waals surface area contributed by atoms with E-state index in [4.69, 9.17) is 24.6 Å². The Labute approximate surface area is 177 Å². The summed E-state index contributed by atoms with van der Waals surface area (Å²) in [6.45, 7) is 1.08. The molecule has 1 aromatic heterocycles. The van der Waals surface area contributed by atoms with E-state index in [1.807, 2.05) is 24.3 Å². The molecule has 0 amide bonds. The number of rotatable bonds is 3. The van der Waals surface area contributed by atoms with E-state index in [-0.39, 0.29) is 0 Å². The largest absolute Gasteiger partial charge is 0.522 e. The van der Waals surface area contributed by atoms with E-state index in [0.29, 0.717) is 19.0 Å². The van der Waals surface area contributed by atoms with Crippen LogP contribution in [0.3, 0.4) is 0 Å². The Hall–Kier alpha value is -1.67. The fourth-order valence-corrected chi connectivity index (χ4v) is 4.39. The van der Waals surface area contributed by atoms with Gasteiger partial charge < -0.3 is 0 Å². The van der Waals surface area contributed by atoms with Crippen molar-refractivity contribution in [3.63, 3.8) is 0 Å². The number of hydrogen-bond donors (Lipinski definition) is 1. The summed E-state index contributed by atoms with van der Waals surface area (Å²) in [6, 6.07) is 7.84. The number of aryl methyl sites for hydroxylation is 1. The fourth-order valence-electron chi connectivity index (χ4n) is 2.85. The molecule has 1 N–H and O–H groups in total. The van der Waals surface area contributed by atoms with E-state index < -0.39 is 25.8 Å². The average Bonchev–Trinajstić information content (AvgIpc) is 3.09. The summed E-state index contributed by atoms with van der Waals surface area (Å²) in [5, 5.41) is 0.726. The highest BCUT2D eigenvalue weighted by atomic mass is 35.5. The van der Waals surface area contributed by atoms with Gasteiger partial charge in [0.2, 0.25) is 0 Å². The highest BCUT2D eigenvalue weighted by Crippen LogP contribution is 2.30. The lowest BCUT2D eigenvalue weighted by Gasteiger charge is -2.29. The third-order valence-corrected chi connectivity index (χ3v) is 7.03. The lowest BCUT2D eigenvalue weighted by molar-refractivity contribution is -0.670. The molecule has 1 fully saturated rings. The Morgan fingerprint density at radius 1 is 1.10 bits per heavy atom. The molecule has 1 aliphatic heterocycles. The third-order valence-electron chi connectivity index (χ3n) is 4.43. The molecule has 1 saturated heterocycles. The average molecular weight is 491 g/mol. The van der Waals surface area contributed by atoms with Crippen molar-refractivity contribution >= 4 is 31.9 Å². The van der Waals surface area contributed by atoms with Crippen molar-refractivity contribution in [2.24, 2.45) is 7.05 Å². The molecule has 0 bridgehead atoms. The van der Waals surface area contributed by atoms with Gasteiger partial charge in [0.1, 0.15) is 12.4 Å². The zero-order valence-corrected chi connectivity index (χ0v) is 18.1. The first-order valence-corrected chi connectivity index (χ1v) is 11.8. The fraction of sp³-hybridized carbons (Fsp3) is 0.438. The van der Waals surface area contributed by atoms with Crippen molar-refractivity contribution in [1.82, 2.24) is 8.28 Å². The lowest BCUT2D eigenvalue weighted by Crippen LogP contribution is -2.41. The number of halogens is 4. The minimum atomic E-state index is -5.84. The van der Waals surface area contributed by atoms with Gasteiger partial charge in [-0.1, -0.05) is 23.7 Å². The summed E-state index contributed by atoms with van der Waals surface area (Å²) in [7, 11) is -7.48. The molecule has 0 radical (unpaired) electrons. The van der Waals surface area contributed by atoms with E-state index in [1.54, 1.807) is 34.6 Å². The molecule has 0 saturated carbocycles. The summed E-state index contributed by atoms with van der Waals surface area (Å²) in [5.74, 6) is 0.393. The predicted octanol–water partition coefficient (Wildman–Crippen LogP) is 2.33. The molecule has 2 heterocycles. The standard InChI is InChI=1S/C15H19ClN3O2S.CHF3O3S/c1-17-10-11-19(12-17)22(20,21)18-8-6-14(7-9-18)13-2-4-15(16)5-3-13;2-1(3,4)8(5,6)7/h2-5,10-12,14H,6-9H2,1H3;(H,5,6,7)/q+1;. The SMILES string of the molecule is C[n+]1ccn(S(=O)(=O)N2CCC(c3ccc(Cl)cc3)CC2)c1.O=S(=O)(O)C(F)(F)F. The number of piperidine rings is 1. The van der Waals surface area contributed by atoms with Crippen molar-refractivity contribution in [2.45, 2.75) is 24.3 Å². The lowest BCUT2D eigenvalue weighted by atomic mass is 9.90. The van der Waals surface area contributed by atoms with Crippen LogP contribution in [0.25, 0.3) is 0 Å². The van der Waals surface area contributed by atoms with Gasteiger partial charge in [0.25, 0.3) is 6.33 Å². The van der Waals surface area contributed by atoms with Gasteiger partial charge in [0.05, 0.1) is 7.05 Å². The second-order valence-corrected chi connectivity index (χ2v) is 10.2. The number of nitrogens with zero attached hydrogens (tertiary/aromatic N) is 3. The molecule has 1 aromatic carbocycles. The summed E-state index contributed by atoms with van der Waals surface area (Å²) in [5.41, 5.74) is -4.30. The zero-order valence-electron chi connectivity index (χ0n) is 15.7. The number of aromatic nitrogens is 2. The van der Waals surface area contributed by atoms with Gasteiger partial charge in [0, 0.05) is 18.1 Å². The Kier molecular flexibility index (Phi) is 7.56. The van der Waals surface area contributed by atoms with Crippen LogP contribution >= 0.6 is 11.6 Å². The van der Waals surface area contributed by atoms with E-state index in [2.05, 4.69) is 0 Å². The van der Waals surface area contributed by atoms with Crippen LogP contribution < -0.4 is 4.57 Å². The first-order valence-electron chi connectivity index (χ1n) is 8.55. The quantitative estimate of drug-likeness (QED) is 0.404. The molecule has 1 aliphatic rings. The van der Waals surface area contributed by atoms with E-state index in [0.717, 1.165) is 17.9 Å². The molecule has 3 rings (SSSR count). The normalized spacial score (nSPS) is 16.7. The predicted molar refractivity (Wildman–Crippen MR) is 103 cm³/mol. The van der Waals surface area contributed by atoms with E-state index in [9.17, 15) is 21.6 Å². The van der Waals surface area contributed by atoms with Crippen molar-refractivity contribution in [2.75, 3.05) is 13.1 Å². The molecule has 0 aliphatic carbocycles. The molecule has 0 unspecified atom stereocenters. The Morgan fingerprint density at radius 2 is 1.60 bits per heavy atom. The van der Waals surface area contributed by atoms with Crippen LogP contribution in [-0.4, -0.2) is 48.3 Å². The van der Waals surface area contributed by atoms with Crippen LogP contribution in [-0.2, 0) is 27.4 Å². The maximum Gasteiger partial charge on any atom is 0.522 e. The van der Waals surface area contributed by atoms with Gasteiger partial charge in [0.15, 0.2) is 0 Å². The van der Waals surface area contributed by atoms with E-state index in [1.165, 1.54) is 9.54 Å². The highest BCUT2D eigenvalue weighted by molar-refractivity contribution is 7.87. The van der Waals surface area contributed by atoms with Gasteiger partial charge >= 0.3 is 25.8 Å². The number of hydrogen-bond acceptors (Lipinski definition) is 4. The van der Waals surface area contributed by atoms with Crippen LogP contribution in [0.15, 0.2) is 43.0 Å². The maximum absolute atomic E-state index is 12.5. The molecule has 0 spiro atoms. The second kappa shape index (κ2) is 9.22. The molecule has 8 nitrogen and oxygen atoms in total. The summed E-state index contributed by atoms with van der Waals surface area (Å²) >= 11 is 5.91. The minimum absolute atomic E-state index is 0.393. The van der Waals surface area contributed by atoms with Crippen LogP contribution in [0.2, 0.25) is 5.02 Å². The van der Waals surface area contributed by atoms with Crippen molar-refractivity contribution in [1.29, 1.82) is 0 Å². The number of imidazole rings is 1. The topological polar surface area (TPSA) is 101 Å². The second-order valence-electron chi connectivity index (χ2n) is 6.56. The Morgan fingerprint density at radius 3 is 2.00 bits per heavy atom. The Balaban J connectivity index is 0.000000343. The van der Waals surface area contributed by atoms with Gasteiger partial charge in [-0.2, -0.15) is 34.3 Å². The van der Waals surface area contributed by atoms with Gasteiger partial charge in [-0.05, 0) is 36.5 Å². The first-order chi connectivity index (χ1) is 13.7. The summed E-state index contributed by atoms with van der Waals surface area (Å²) < 4.78 is 87.2. The number of alkyl halides is 3. The smallest absolute Gasteiger partial charge is 0.279 e. The van der Waals surface area contributed by atoms with Gasteiger partial charge in [-0.25, -0.2) is 4.57 Å². The summed E-state index contributed by atoms with van der Waals surface area (Å²) in [4.78, 5) is 0. The van der Waals surface area contributed by atoms with Gasteiger partial charge in [-0.3, -0.25) is 4.55 Å². The molecular weight excluding hydrogens is 471 g/mol. The summed E-state index contributed by atoms with van der Waals surface area (Å²) in [6.07, 6.45) is 6.52. The van der Waals surface area contributed by atoms with Crippen LogP contribution in [0.1, 0.15) is 24.3 Å². The zero-order chi connectivity index (χ0) is 22.7. The van der Waals surface area contributed by atoms with Crippen LogP contribution in [0, 0.1) is 0 Å². The molecule has 14 heteroatoms. The molecule has 168 valence electrons. The molecule has 0 atom stereocenters.